The van der Waals surface area contributed by atoms with Gasteiger partial charge in [0.05, 0.1) is 22.6 Å². The van der Waals surface area contributed by atoms with Gasteiger partial charge >= 0.3 is 5.97 Å². The zero-order valence-corrected chi connectivity index (χ0v) is 15.6. The number of carbonyl (C=O) groups is 2. The summed E-state index contributed by atoms with van der Waals surface area (Å²) in [4.78, 5) is 24.5. The Kier molecular flexibility index (Phi) is 6.32. The molecule has 7 nitrogen and oxygen atoms in total. The Balaban J connectivity index is 2.06. The van der Waals surface area contributed by atoms with Crippen molar-refractivity contribution in [3.63, 3.8) is 0 Å². The van der Waals surface area contributed by atoms with Crippen molar-refractivity contribution in [1.29, 1.82) is 5.26 Å². The number of hydrogen-bond donors (Lipinski definition) is 1. The zero-order valence-electron chi connectivity index (χ0n) is 14.8. The third-order valence-electron chi connectivity index (χ3n) is 3.55. The summed E-state index contributed by atoms with van der Waals surface area (Å²) in [5.74, 6) is -1.53. The fourth-order valence-electron chi connectivity index (χ4n) is 2.30. The maximum Gasteiger partial charge on any atom is 0.338 e. The average Bonchev–Trinajstić information content (AvgIpc) is 2.60. The molecule has 2 aromatic rings. The topological polar surface area (TPSA) is 113 Å². The lowest BCUT2D eigenvalue weighted by Crippen LogP contribution is -2.30. The highest BCUT2D eigenvalue weighted by Gasteiger charge is 2.20. The summed E-state index contributed by atoms with van der Waals surface area (Å²) < 4.78 is 27.9. The smallest absolute Gasteiger partial charge is 0.338 e. The zero-order chi connectivity index (χ0) is 20.0. The van der Waals surface area contributed by atoms with E-state index in [9.17, 15) is 18.0 Å². The van der Waals surface area contributed by atoms with Gasteiger partial charge in [-0.05, 0) is 36.8 Å². The molecular weight excluding hydrogens is 368 g/mol. The predicted octanol–water partition coefficient (Wildman–Crippen LogP) is 2.29. The van der Waals surface area contributed by atoms with E-state index >= 15 is 0 Å². The minimum Gasteiger partial charge on any atom is -0.449 e. The van der Waals surface area contributed by atoms with Gasteiger partial charge in [0.2, 0.25) is 0 Å². The number of nitrogens with one attached hydrogen (secondary N) is 1. The molecule has 0 radical (unpaired) electrons. The Morgan fingerprint density at radius 3 is 2.56 bits per heavy atom. The van der Waals surface area contributed by atoms with Gasteiger partial charge in [0, 0.05) is 6.26 Å². The van der Waals surface area contributed by atoms with Crippen LogP contribution in [0.5, 0.6) is 0 Å². The maximum atomic E-state index is 12.2. The number of esters is 1. The number of nitriles is 1. The van der Waals surface area contributed by atoms with E-state index in [2.05, 4.69) is 5.32 Å². The molecule has 2 rings (SSSR count). The number of sulfone groups is 1. The number of nitrogens with zero attached hydrogens (tertiary/aromatic N) is 1. The van der Waals surface area contributed by atoms with E-state index in [-0.39, 0.29) is 16.9 Å². The van der Waals surface area contributed by atoms with Gasteiger partial charge in [-0.1, -0.05) is 24.3 Å². The number of para-hydroxylation sites is 1. The van der Waals surface area contributed by atoms with Gasteiger partial charge in [0.15, 0.2) is 15.9 Å². The van der Waals surface area contributed by atoms with Crippen molar-refractivity contribution < 1.29 is 22.7 Å². The van der Waals surface area contributed by atoms with Gasteiger partial charge in [-0.25, -0.2) is 13.2 Å². The molecule has 0 aliphatic heterocycles. The Bertz CT molecular complexity index is 1010. The summed E-state index contributed by atoms with van der Waals surface area (Å²) >= 11 is 0. The molecule has 8 heteroatoms. The van der Waals surface area contributed by atoms with E-state index < -0.39 is 27.8 Å². The lowest BCUT2D eigenvalue weighted by atomic mass is 10.1. The molecule has 0 saturated carbocycles. The third kappa shape index (κ3) is 5.94. The van der Waals surface area contributed by atoms with Gasteiger partial charge in [-0.15, -0.1) is 0 Å². The van der Waals surface area contributed by atoms with Gasteiger partial charge in [-0.3, -0.25) is 4.79 Å². The molecule has 0 heterocycles. The van der Waals surface area contributed by atoms with Crippen LogP contribution >= 0.6 is 0 Å². The molecule has 0 spiro atoms. The van der Waals surface area contributed by atoms with Crippen LogP contribution in [0.1, 0.15) is 28.4 Å². The molecule has 140 valence electrons. The van der Waals surface area contributed by atoms with Crippen molar-refractivity contribution in [1.82, 2.24) is 0 Å². The van der Waals surface area contributed by atoms with Gasteiger partial charge in [0.1, 0.15) is 6.07 Å². The average molecular weight is 386 g/mol. The number of ether oxygens (including phenoxy) is 1. The van der Waals surface area contributed by atoms with Crippen molar-refractivity contribution >= 4 is 27.4 Å². The largest absolute Gasteiger partial charge is 0.449 e. The molecule has 0 saturated heterocycles. The summed E-state index contributed by atoms with van der Waals surface area (Å²) in [6.07, 6.45) is -0.00783. The van der Waals surface area contributed by atoms with Crippen molar-refractivity contribution in [2.75, 3.05) is 11.6 Å². The van der Waals surface area contributed by atoms with E-state index in [0.29, 0.717) is 11.3 Å². The molecule has 0 unspecified atom stereocenters. The van der Waals surface area contributed by atoms with Crippen LogP contribution in [0, 0.1) is 11.3 Å². The highest BCUT2D eigenvalue weighted by Crippen LogP contribution is 2.15. The fraction of sp³-hybridized carbons (Fsp3) is 0.211. The molecule has 0 aliphatic carbocycles. The van der Waals surface area contributed by atoms with Crippen LogP contribution in [-0.2, 0) is 25.1 Å². The van der Waals surface area contributed by atoms with Crippen LogP contribution in [0.2, 0.25) is 0 Å². The fourth-order valence-corrected chi connectivity index (χ4v) is 3.08. The standard InChI is InChI=1S/C19H18N2O5S/c1-13(18(22)21-17-9-4-3-7-16(17)11-20)26-19(23)15-8-5-6-14(10-15)12-27(2,24)25/h3-10,13H,12H2,1-2H3,(H,21,22)/t13-/m1/s1. The van der Waals surface area contributed by atoms with E-state index in [1.165, 1.54) is 19.1 Å². The molecule has 0 fully saturated rings. The Morgan fingerprint density at radius 1 is 1.19 bits per heavy atom. The van der Waals surface area contributed by atoms with Crippen LogP contribution < -0.4 is 5.32 Å². The normalized spacial score (nSPS) is 11.9. The van der Waals surface area contributed by atoms with Gasteiger partial charge < -0.3 is 10.1 Å². The van der Waals surface area contributed by atoms with Gasteiger partial charge in [-0.2, -0.15) is 5.26 Å². The molecule has 2 aromatic carbocycles. The summed E-state index contributed by atoms with van der Waals surface area (Å²) in [7, 11) is -3.24. The van der Waals surface area contributed by atoms with Crippen molar-refractivity contribution in [2.45, 2.75) is 18.8 Å². The molecule has 0 aromatic heterocycles. The van der Waals surface area contributed by atoms with Crippen LogP contribution in [0.15, 0.2) is 48.5 Å². The van der Waals surface area contributed by atoms with Crippen molar-refractivity contribution in [3.05, 3.63) is 65.2 Å². The summed E-state index contributed by atoms with van der Waals surface area (Å²) in [5, 5.41) is 11.6. The lowest BCUT2D eigenvalue weighted by molar-refractivity contribution is -0.123. The Morgan fingerprint density at radius 2 is 1.89 bits per heavy atom. The number of hydrogen-bond acceptors (Lipinski definition) is 6. The Labute approximate surface area is 157 Å². The summed E-state index contributed by atoms with van der Waals surface area (Å²) in [6.45, 7) is 1.41. The SMILES string of the molecule is C[C@@H](OC(=O)c1cccc(CS(C)(=O)=O)c1)C(=O)Nc1ccccc1C#N. The van der Waals surface area contributed by atoms with Gasteiger partial charge in [0.25, 0.3) is 5.91 Å². The molecule has 1 N–H and O–H groups in total. The molecular formula is C19H18N2O5S. The first-order chi connectivity index (χ1) is 12.7. The van der Waals surface area contributed by atoms with E-state index in [4.69, 9.17) is 10.00 Å². The third-order valence-corrected chi connectivity index (χ3v) is 4.41. The minimum absolute atomic E-state index is 0.147. The van der Waals surface area contributed by atoms with E-state index in [0.717, 1.165) is 6.26 Å². The minimum atomic E-state index is -3.24. The first-order valence-corrected chi connectivity index (χ1v) is 10.0. The highest BCUT2D eigenvalue weighted by atomic mass is 32.2. The summed E-state index contributed by atoms with van der Waals surface area (Å²) in [5.41, 5.74) is 1.21. The van der Waals surface area contributed by atoms with Crippen molar-refractivity contribution in [3.8, 4) is 6.07 Å². The first-order valence-electron chi connectivity index (χ1n) is 7.97. The molecule has 0 bridgehead atoms. The second-order valence-electron chi connectivity index (χ2n) is 5.96. The second kappa shape index (κ2) is 8.47. The number of anilines is 1. The molecule has 27 heavy (non-hydrogen) atoms. The quantitative estimate of drug-likeness (QED) is 0.762. The maximum absolute atomic E-state index is 12.2. The number of amides is 1. The first kappa shape index (κ1) is 20.1. The van der Waals surface area contributed by atoms with Crippen molar-refractivity contribution in [2.24, 2.45) is 0 Å². The van der Waals surface area contributed by atoms with Crippen LogP contribution in [0.25, 0.3) is 0 Å². The number of rotatable bonds is 6. The van der Waals surface area contributed by atoms with Crippen LogP contribution in [-0.4, -0.2) is 32.7 Å². The monoisotopic (exact) mass is 386 g/mol. The Hall–Kier alpha value is -3.18. The molecule has 1 atom stereocenters. The molecule has 0 aliphatic rings. The van der Waals surface area contributed by atoms with E-state index in [1.807, 2.05) is 6.07 Å². The number of benzene rings is 2. The number of carbonyl (C=O) groups excluding carboxylic acids is 2. The predicted molar refractivity (Wildman–Crippen MR) is 99.7 cm³/mol. The lowest BCUT2D eigenvalue weighted by Gasteiger charge is -2.14. The highest BCUT2D eigenvalue weighted by molar-refractivity contribution is 7.89. The van der Waals surface area contributed by atoms with E-state index in [1.54, 1.807) is 36.4 Å². The van der Waals surface area contributed by atoms with Crippen LogP contribution in [0.3, 0.4) is 0 Å². The molecule has 1 amide bonds. The summed E-state index contributed by atoms with van der Waals surface area (Å²) in [6, 6.07) is 14.4. The second-order valence-corrected chi connectivity index (χ2v) is 8.10. The van der Waals surface area contributed by atoms with Crippen LogP contribution in [0.4, 0.5) is 5.69 Å².